The first-order valence-electron chi connectivity index (χ1n) is 7.83. The molecule has 2 nitrogen and oxygen atoms in total. The molecule has 118 valence electrons. The van der Waals surface area contributed by atoms with E-state index < -0.39 is 0 Å². The van der Waals surface area contributed by atoms with Crippen LogP contribution < -0.4 is 0 Å². The molecule has 0 aliphatic carbocycles. The summed E-state index contributed by atoms with van der Waals surface area (Å²) in [5, 5.41) is 0. The molecule has 0 aliphatic heterocycles. The van der Waals surface area contributed by atoms with E-state index in [-0.39, 0.29) is 11.8 Å². The molecule has 2 heteroatoms. The van der Waals surface area contributed by atoms with Gasteiger partial charge in [0.1, 0.15) is 0 Å². The lowest BCUT2D eigenvalue weighted by molar-refractivity contribution is -0.123. The minimum Gasteiger partial charge on any atom is -0.297 e. The Bertz CT molecular complexity index is 623. The van der Waals surface area contributed by atoms with Gasteiger partial charge >= 0.3 is 0 Å². The van der Waals surface area contributed by atoms with E-state index in [1.807, 2.05) is 72.8 Å². The highest BCUT2D eigenvalue weighted by Crippen LogP contribution is 2.23. The second-order valence-electron chi connectivity index (χ2n) is 5.47. The van der Waals surface area contributed by atoms with Crippen LogP contribution in [0.1, 0.15) is 17.2 Å². The Labute approximate surface area is 138 Å². The summed E-state index contributed by atoms with van der Waals surface area (Å²) < 4.78 is 0. The molecule has 2 aromatic carbocycles. The van der Waals surface area contributed by atoms with Crippen LogP contribution in [0, 0.1) is 0 Å². The van der Waals surface area contributed by atoms with Crippen molar-refractivity contribution < 1.29 is 4.79 Å². The van der Waals surface area contributed by atoms with Gasteiger partial charge in [0.15, 0.2) is 5.78 Å². The Morgan fingerprint density at radius 3 is 1.96 bits per heavy atom. The third kappa shape index (κ3) is 4.76. The Morgan fingerprint density at radius 1 is 0.913 bits per heavy atom. The number of ketones is 1. The second-order valence-corrected chi connectivity index (χ2v) is 5.47. The van der Waals surface area contributed by atoms with Crippen LogP contribution in [0.4, 0.5) is 0 Å². The van der Waals surface area contributed by atoms with E-state index in [1.165, 1.54) is 0 Å². The quantitative estimate of drug-likeness (QED) is 0.647. The van der Waals surface area contributed by atoms with Gasteiger partial charge in [-0.05, 0) is 11.1 Å². The highest BCUT2D eigenvalue weighted by molar-refractivity contribution is 5.87. The molecule has 0 saturated carbocycles. The maximum absolute atomic E-state index is 13.0. The van der Waals surface area contributed by atoms with Crippen molar-refractivity contribution in [3.05, 3.63) is 97.1 Å². The van der Waals surface area contributed by atoms with Crippen LogP contribution in [0.15, 0.2) is 86.0 Å². The fourth-order valence-electron chi connectivity index (χ4n) is 2.75. The summed E-state index contributed by atoms with van der Waals surface area (Å²) in [6.07, 6.45) is 4.08. The summed E-state index contributed by atoms with van der Waals surface area (Å²) in [5.74, 6) is 0.186. The standard InChI is InChI=1S/C21H23NO/c1-3-15-22(16-4-2)21(19-13-9-6-10-14-19)20(23)17-18-11-7-5-8-12-18/h3-14,21H,1-2,15-17H2. The molecule has 0 spiro atoms. The number of nitrogens with zero attached hydrogens (tertiary/aromatic N) is 1. The van der Waals surface area contributed by atoms with Gasteiger partial charge in [0, 0.05) is 19.5 Å². The summed E-state index contributed by atoms with van der Waals surface area (Å²) in [4.78, 5) is 15.1. The minimum atomic E-state index is -0.285. The maximum Gasteiger partial charge on any atom is 0.158 e. The van der Waals surface area contributed by atoms with Gasteiger partial charge in [0.25, 0.3) is 0 Å². The zero-order chi connectivity index (χ0) is 16.5. The lowest BCUT2D eigenvalue weighted by atomic mass is 9.96. The van der Waals surface area contributed by atoms with Crippen molar-refractivity contribution in [1.82, 2.24) is 4.90 Å². The van der Waals surface area contributed by atoms with Crippen LogP contribution in [-0.2, 0) is 11.2 Å². The van der Waals surface area contributed by atoms with Crippen molar-refractivity contribution in [3.8, 4) is 0 Å². The van der Waals surface area contributed by atoms with E-state index in [2.05, 4.69) is 18.1 Å². The van der Waals surface area contributed by atoms with Gasteiger partial charge in [-0.25, -0.2) is 0 Å². The van der Waals surface area contributed by atoms with Crippen LogP contribution in [0.3, 0.4) is 0 Å². The van der Waals surface area contributed by atoms with E-state index in [4.69, 9.17) is 0 Å². The van der Waals surface area contributed by atoms with Crippen LogP contribution in [0.2, 0.25) is 0 Å². The van der Waals surface area contributed by atoms with Crippen LogP contribution >= 0.6 is 0 Å². The van der Waals surface area contributed by atoms with Gasteiger partial charge in [-0.3, -0.25) is 9.69 Å². The lowest BCUT2D eigenvalue weighted by Crippen LogP contribution is -2.35. The molecule has 0 fully saturated rings. The number of carbonyl (C=O) groups is 1. The van der Waals surface area contributed by atoms with E-state index in [0.29, 0.717) is 19.5 Å². The smallest absolute Gasteiger partial charge is 0.158 e. The maximum atomic E-state index is 13.0. The Morgan fingerprint density at radius 2 is 1.43 bits per heavy atom. The van der Waals surface area contributed by atoms with E-state index in [1.54, 1.807) is 0 Å². The molecule has 0 aromatic heterocycles. The predicted molar refractivity (Wildman–Crippen MR) is 96.3 cm³/mol. The normalized spacial score (nSPS) is 11.9. The Kier molecular flexibility index (Phi) is 6.52. The highest BCUT2D eigenvalue weighted by atomic mass is 16.1. The molecule has 2 aromatic rings. The van der Waals surface area contributed by atoms with Crippen molar-refractivity contribution in [2.24, 2.45) is 0 Å². The molecular formula is C21H23NO. The van der Waals surface area contributed by atoms with E-state index in [0.717, 1.165) is 11.1 Å². The second kappa shape index (κ2) is 8.86. The fraction of sp³-hybridized carbons (Fsp3) is 0.190. The summed E-state index contributed by atoms with van der Waals surface area (Å²) >= 11 is 0. The van der Waals surface area contributed by atoms with Crippen LogP contribution in [0.25, 0.3) is 0 Å². The molecule has 0 amide bonds. The van der Waals surface area contributed by atoms with Crippen molar-refractivity contribution in [2.45, 2.75) is 12.5 Å². The van der Waals surface area contributed by atoms with Crippen molar-refractivity contribution in [3.63, 3.8) is 0 Å². The largest absolute Gasteiger partial charge is 0.297 e. The molecule has 2 rings (SSSR count). The van der Waals surface area contributed by atoms with Crippen LogP contribution in [-0.4, -0.2) is 23.8 Å². The average Bonchev–Trinajstić information content (AvgIpc) is 2.57. The number of carbonyl (C=O) groups excluding carboxylic acids is 1. The average molecular weight is 305 g/mol. The van der Waals surface area contributed by atoms with E-state index >= 15 is 0 Å². The van der Waals surface area contributed by atoms with Gasteiger partial charge < -0.3 is 0 Å². The topological polar surface area (TPSA) is 20.3 Å². The number of Topliss-reactive ketones (excluding diaryl/α,β-unsaturated/α-hetero) is 1. The SMILES string of the molecule is C=CCN(CC=C)C(C(=O)Cc1ccccc1)c1ccccc1. The molecule has 1 unspecified atom stereocenters. The van der Waals surface area contributed by atoms with Crippen LogP contribution in [0.5, 0.6) is 0 Å². The molecule has 0 N–H and O–H groups in total. The van der Waals surface area contributed by atoms with Gasteiger partial charge in [0.2, 0.25) is 0 Å². The Hall–Kier alpha value is -2.45. The van der Waals surface area contributed by atoms with Crippen molar-refractivity contribution in [2.75, 3.05) is 13.1 Å². The molecule has 23 heavy (non-hydrogen) atoms. The highest BCUT2D eigenvalue weighted by Gasteiger charge is 2.26. The fourth-order valence-corrected chi connectivity index (χ4v) is 2.75. The third-order valence-electron chi connectivity index (χ3n) is 3.73. The molecule has 0 aliphatic rings. The minimum absolute atomic E-state index is 0.186. The monoisotopic (exact) mass is 305 g/mol. The van der Waals surface area contributed by atoms with Gasteiger partial charge in [0.05, 0.1) is 6.04 Å². The van der Waals surface area contributed by atoms with Crippen molar-refractivity contribution in [1.29, 1.82) is 0 Å². The number of hydrogen-bond acceptors (Lipinski definition) is 2. The molecule has 0 saturated heterocycles. The predicted octanol–water partition coefficient (Wildman–Crippen LogP) is 4.21. The molecule has 0 heterocycles. The molecular weight excluding hydrogens is 282 g/mol. The Balaban J connectivity index is 2.30. The lowest BCUT2D eigenvalue weighted by Gasteiger charge is -2.29. The van der Waals surface area contributed by atoms with Gasteiger partial charge in [-0.15, -0.1) is 13.2 Å². The van der Waals surface area contributed by atoms with Gasteiger partial charge in [-0.2, -0.15) is 0 Å². The first-order chi connectivity index (χ1) is 11.3. The van der Waals surface area contributed by atoms with Crippen molar-refractivity contribution >= 4 is 5.78 Å². The number of hydrogen-bond donors (Lipinski definition) is 0. The van der Waals surface area contributed by atoms with Gasteiger partial charge in [-0.1, -0.05) is 72.8 Å². The molecule has 0 bridgehead atoms. The molecule has 0 radical (unpaired) electrons. The third-order valence-corrected chi connectivity index (χ3v) is 3.73. The number of benzene rings is 2. The first kappa shape index (κ1) is 16.9. The summed E-state index contributed by atoms with van der Waals surface area (Å²) in [6.45, 7) is 8.92. The van der Waals surface area contributed by atoms with E-state index in [9.17, 15) is 4.79 Å². The summed E-state index contributed by atoms with van der Waals surface area (Å²) in [5.41, 5.74) is 2.05. The summed E-state index contributed by atoms with van der Waals surface area (Å²) in [6, 6.07) is 19.5. The number of rotatable bonds is 9. The molecule has 1 atom stereocenters. The first-order valence-corrected chi connectivity index (χ1v) is 7.83. The zero-order valence-electron chi connectivity index (χ0n) is 13.4. The zero-order valence-corrected chi connectivity index (χ0v) is 13.4. The summed E-state index contributed by atoms with van der Waals surface area (Å²) in [7, 11) is 0.